The highest BCUT2D eigenvalue weighted by Gasteiger charge is 2.39. The molecule has 0 aromatic heterocycles. The zero-order valence-electron chi connectivity index (χ0n) is 13.3. The molecule has 1 saturated carbocycles. The second kappa shape index (κ2) is 6.01. The first kappa shape index (κ1) is 15.5. The predicted molar refractivity (Wildman–Crippen MR) is 84.4 cm³/mol. The highest BCUT2D eigenvalue weighted by molar-refractivity contribution is 5.77. The van der Waals surface area contributed by atoms with Gasteiger partial charge in [-0.1, -0.05) is 43.2 Å². The number of benzene rings is 1. The van der Waals surface area contributed by atoms with E-state index in [-0.39, 0.29) is 12.3 Å². The van der Waals surface area contributed by atoms with Crippen molar-refractivity contribution in [1.29, 1.82) is 0 Å². The summed E-state index contributed by atoms with van der Waals surface area (Å²) in [7, 11) is 0. The van der Waals surface area contributed by atoms with Crippen molar-refractivity contribution in [3.63, 3.8) is 0 Å². The first-order valence-electron chi connectivity index (χ1n) is 8.21. The van der Waals surface area contributed by atoms with Crippen molar-refractivity contribution in [2.75, 3.05) is 19.7 Å². The summed E-state index contributed by atoms with van der Waals surface area (Å²) >= 11 is 0. The molecule has 1 aromatic rings. The number of amides is 1. The SMILES string of the molecule is CC1(c2ccccc2)CN(C(=O)CC2(O)CCCC2)CCO1. The van der Waals surface area contributed by atoms with Gasteiger partial charge in [-0.25, -0.2) is 0 Å². The topological polar surface area (TPSA) is 49.8 Å². The lowest BCUT2D eigenvalue weighted by Gasteiger charge is -2.41. The maximum Gasteiger partial charge on any atom is 0.225 e. The molecule has 0 bridgehead atoms. The molecule has 3 rings (SSSR count). The Labute approximate surface area is 132 Å². The van der Waals surface area contributed by atoms with Crippen LogP contribution < -0.4 is 0 Å². The first-order valence-corrected chi connectivity index (χ1v) is 8.21. The minimum absolute atomic E-state index is 0.0508. The van der Waals surface area contributed by atoms with Gasteiger partial charge in [-0.2, -0.15) is 0 Å². The summed E-state index contributed by atoms with van der Waals surface area (Å²) in [5.74, 6) is 0.0508. The van der Waals surface area contributed by atoms with Gasteiger partial charge in [-0.05, 0) is 25.3 Å². The minimum Gasteiger partial charge on any atom is -0.389 e. The molecule has 1 aliphatic heterocycles. The molecule has 2 fully saturated rings. The van der Waals surface area contributed by atoms with E-state index in [0.717, 1.165) is 31.2 Å². The third-order valence-electron chi connectivity index (χ3n) is 5.03. The molecule has 4 heteroatoms. The zero-order chi connectivity index (χ0) is 15.6. The van der Waals surface area contributed by atoms with Gasteiger partial charge in [0.15, 0.2) is 0 Å². The van der Waals surface area contributed by atoms with Crippen molar-refractivity contribution in [1.82, 2.24) is 4.90 Å². The molecule has 1 amide bonds. The molecule has 0 radical (unpaired) electrons. The molecule has 1 saturated heterocycles. The Morgan fingerprint density at radius 2 is 1.95 bits per heavy atom. The van der Waals surface area contributed by atoms with Gasteiger partial charge < -0.3 is 14.7 Å². The van der Waals surface area contributed by atoms with Crippen molar-refractivity contribution in [2.45, 2.75) is 50.2 Å². The molecular weight excluding hydrogens is 278 g/mol. The zero-order valence-corrected chi connectivity index (χ0v) is 13.3. The molecule has 4 nitrogen and oxygen atoms in total. The Balaban J connectivity index is 1.69. The Morgan fingerprint density at radius 3 is 2.64 bits per heavy atom. The summed E-state index contributed by atoms with van der Waals surface area (Å²) in [5.41, 5.74) is -0.154. The maximum absolute atomic E-state index is 12.6. The van der Waals surface area contributed by atoms with E-state index in [9.17, 15) is 9.90 Å². The molecule has 1 unspecified atom stereocenters. The van der Waals surface area contributed by atoms with Crippen LogP contribution in [0.5, 0.6) is 0 Å². The molecule has 1 atom stereocenters. The fourth-order valence-electron chi connectivity index (χ4n) is 3.65. The van der Waals surface area contributed by atoms with E-state index in [1.54, 1.807) is 0 Å². The Kier molecular flexibility index (Phi) is 4.24. The quantitative estimate of drug-likeness (QED) is 0.933. The highest BCUT2D eigenvalue weighted by atomic mass is 16.5. The van der Waals surface area contributed by atoms with Crippen LogP contribution in [0.1, 0.15) is 44.6 Å². The van der Waals surface area contributed by atoms with Gasteiger partial charge in [0.2, 0.25) is 5.91 Å². The van der Waals surface area contributed by atoms with Crippen LogP contribution >= 0.6 is 0 Å². The first-order chi connectivity index (χ1) is 10.5. The lowest BCUT2D eigenvalue weighted by atomic mass is 9.92. The standard InChI is InChI=1S/C18H25NO3/c1-17(15-7-3-2-4-8-15)14-19(11-12-22-17)16(20)13-18(21)9-5-6-10-18/h2-4,7-8,21H,5-6,9-14H2,1H3. The van der Waals surface area contributed by atoms with Crippen molar-refractivity contribution in [2.24, 2.45) is 0 Å². The van der Waals surface area contributed by atoms with Gasteiger partial charge in [-0.15, -0.1) is 0 Å². The van der Waals surface area contributed by atoms with Crippen molar-refractivity contribution < 1.29 is 14.6 Å². The van der Waals surface area contributed by atoms with E-state index in [2.05, 4.69) is 0 Å². The smallest absolute Gasteiger partial charge is 0.225 e. The number of carbonyl (C=O) groups is 1. The van der Waals surface area contributed by atoms with Crippen LogP contribution in [0.3, 0.4) is 0 Å². The maximum atomic E-state index is 12.6. The number of ether oxygens (including phenoxy) is 1. The number of rotatable bonds is 3. The number of hydrogen-bond donors (Lipinski definition) is 1. The lowest BCUT2D eigenvalue weighted by Crippen LogP contribution is -2.51. The van der Waals surface area contributed by atoms with Crippen LogP contribution in [-0.2, 0) is 15.1 Å². The molecule has 120 valence electrons. The highest BCUT2D eigenvalue weighted by Crippen LogP contribution is 2.34. The van der Waals surface area contributed by atoms with Crippen molar-refractivity contribution in [3.05, 3.63) is 35.9 Å². The van der Waals surface area contributed by atoms with E-state index in [1.807, 2.05) is 42.2 Å². The minimum atomic E-state index is -0.779. The third-order valence-corrected chi connectivity index (χ3v) is 5.03. The number of nitrogens with zero attached hydrogens (tertiary/aromatic N) is 1. The van der Waals surface area contributed by atoms with Crippen molar-refractivity contribution >= 4 is 5.91 Å². The fourth-order valence-corrected chi connectivity index (χ4v) is 3.65. The van der Waals surface area contributed by atoms with Crippen LogP contribution in [0.4, 0.5) is 0 Å². The van der Waals surface area contributed by atoms with Crippen molar-refractivity contribution in [3.8, 4) is 0 Å². The number of aliphatic hydroxyl groups is 1. The van der Waals surface area contributed by atoms with E-state index < -0.39 is 11.2 Å². The summed E-state index contributed by atoms with van der Waals surface area (Å²) in [6.45, 7) is 3.73. The average molecular weight is 303 g/mol. The van der Waals surface area contributed by atoms with Crippen LogP contribution in [0, 0.1) is 0 Å². The Bertz CT molecular complexity index is 524. The third kappa shape index (κ3) is 3.18. The molecule has 2 aliphatic rings. The molecule has 1 aliphatic carbocycles. The van der Waals surface area contributed by atoms with Crippen LogP contribution in [0.15, 0.2) is 30.3 Å². The van der Waals surface area contributed by atoms with Gasteiger partial charge >= 0.3 is 0 Å². The van der Waals surface area contributed by atoms with Gasteiger partial charge in [-0.3, -0.25) is 4.79 Å². The van der Waals surface area contributed by atoms with Crippen LogP contribution in [-0.4, -0.2) is 41.2 Å². The van der Waals surface area contributed by atoms with Gasteiger partial charge in [0.05, 0.1) is 25.2 Å². The second-order valence-electron chi connectivity index (χ2n) is 6.87. The average Bonchev–Trinajstić information content (AvgIpc) is 2.94. The number of carbonyl (C=O) groups excluding carboxylic acids is 1. The Hall–Kier alpha value is -1.39. The second-order valence-corrected chi connectivity index (χ2v) is 6.87. The van der Waals surface area contributed by atoms with Gasteiger partial charge in [0.1, 0.15) is 5.60 Å². The van der Waals surface area contributed by atoms with Gasteiger partial charge in [0.25, 0.3) is 0 Å². The Morgan fingerprint density at radius 1 is 1.27 bits per heavy atom. The molecule has 22 heavy (non-hydrogen) atoms. The van der Waals surface area contributed by atoms with Crippen LogP contribution in [0.25, 0.3) is 0 Å². The summed E-state index contributed by atoms with van der Waals surface area (Å²) < 4.78 is 5.97. The number of hydrogen-bond acceptors (Lipinski definition) is 3. The monoisotopic (exact) mass is 303 g/mol. The fraction of sp³-hybridized carbons (Fsp3) is 0.611. The lowest BCUT2D eigenvalue weighted by molar-refractivity contribution is -0.154. The summed E-state index contributed by atoms with van der Waals surface area (Å²) in [5, 5.41) is 10.5. The normalized spacial score (nSPS) is 27.8. The molecule has 0 spiro atoms. The largest absolute Gasteiger partial charge is 0.389 e. The van der Waals surface area contributed by atoms with E-state index in [1.165, 1.54) is 0 Å². The number of morpholine rings is 1. The molecule has 1 N–H and O–H groups in total. The molecular formula is C18H25NO3. The van der Waals surface area contributed by atoms with E-state index in [0.29, 0.717) is 19.7 Å². The summed E-state index contributed by atoms with van der Waals surface area (Å²) in [6.07, 6.45) is 3.79. The summed E-state index contributed by atoms with van der Waals surface area (Å²) in [4.78, 5) is 14.4. The van der Waals surface area contributed by atoms with E-state index in [4.69, 9.17) is 4.74 Å². The molecule has 1 aromatic carbocycles. The predicted octanol–water partition coefficient (Wildman–Crippen LogP) is 2.46. The summed E-state index contributed by atoms with van der Waals surface area (Å²) in [6, 6.07) is 10.0. The van der Waals surface area contributed by atoms with Gasteiger partial charge in [0, 0.05) is 6.54 Å². The molecule has 1 heterocycles. The van der Waals surface area contributed by atoms with Crippen LogP contribution in [0.2, 0.25) is 0 Å². The van der Waals surface area contributed by atoms with E-state index >= 15 is 0 Å².